The normalized spacial score (nSPS) is 13.3. The predicted octanol–water partition coefficient (Wildman–Crippen LogP) is 2.14. The lowest BCUT2D eigenvalue weighted by atomic mass is 9.77. The van der Waals surface area contributed by atoms with Crippen molar-refractivity contribution in [2.75, 3.05) is 0 Å². The average Bonchev–Trinajstić information content (AvgIpc) is 2.25. The molecule has 0 heterocycles. The molecule has 0 spiro atoms. The summed E-state index contributed by atoms with van der Waals surface area (Å²) >= 11 is 0. The maximum atomic E-state index is 11.3. The van der Waals surface area contributed by atoms with Gasteiger partial charge < -0.3 is 21.7 Å². The summed E-state index contributed by atoms with van der Waals surface area (Å²) in [4.78, 5) is 11.3. The summed E-state index contributed by atoms with van der Waals surface area (Å²) in [6.45, 7) is 11.6. The summed E-state index contributed by atoms with van der Waals surface area (Å²) in [6, 6.07) is 3.16. The standard InChI is InChI=1S/C16H26N2O3/c1-14(2,3)10-7-9(16(17,18)13(20)21)8-11(12(10)19)15(4,5)6/h7-8,19H,17-18H2,1-6H3,(H,20,21). The van der Waals surface area contributed by atoms with Crippen LogP contribution in [0.15, 0.2) is 12.1 Å². The Kier molecular flexibility index (Phi) is 4.16. The number of carbonyl (C=O) groups is 1. The molecule has 5 nitrogen and oxygen atoms in total. The minimum atomic E-state index is -1.99. The molecule has 0 amide bonds. The molecule has 0 saturated carbocycles. The fraction of sp³-hybridized carbons (Fsp3) is 0.562. The minimum absolute atomic E-state index is 0.167. The van der Waals surface area contributed by atoms with Crippen LogP contribution in [-0.2, 0) is 21.3 Å². The van der Waals surface area contributed by atoms with Crippen LogP contribution in [0.4, 0.5) is 0 Å². The van der Waals surface area contributed by atoms with Crippen molar-refractivity contribution in [2.24, 2.45) is 11.5 Å². The van der Waals surface area contributed by atoms with E-state index in [1.807, 2.05) is 41.5 Å². The van der Waals surface area contributed by atoms with Gasteiger partial charge in [-0.05, 0) is 39.7 Å². The molecular weight excluding hydrogens is 268 g/mol. The van der Waals surface area contributed by atoms with Gasteiger partial charge in [-0.15, -0.1) is 0 Å². The number of phenolic OH excluding ortho intramolecular Hbond substituents is 1. The van der Waals surface area contributed by atoms with Gasteiger partial charge in [0.15, 0.2) is 5.66 Å². The van der Waals surface area contributed by atoms with Gasteiger partial charge in [0.1, 0.15) is 5.75 Å². The largest absolute Gasteiger partial charge is 0.507 e. The van der Waals surface area contributed by atoms with Crippen LogP contribution in [0.3, 0.4) is 0 Å². The van der Waals surface area contributed by atoms with Gasteiger partial charge in [0, 0.05) is 0 Å². The number of carboxylic acids is 1. The van der Waals surface area contributed by atoms with Gasteiger partial charge in [-0.1, -0.05) is 41.5 Å². The minimum Gasteiger partial charge on any atom is -0.507 e. The SMILES string of the molecule is CC(C)(C)c1cc(C(N)(N)C(=O)O)cc(C(C)(C)C)c1O. The Labute approximate surface area is 126 Å². The van der Waals surface area contributed by atoms with Gasteiger partial charge in [0.25, 0.3) is 0 Å². The number of hydrogen-bond donors (Lipinski definition) is 4. The number of benzene rings is 1. The molecule has 5 heteroatoms. The molecule has 118 valence electrons. The third-order valence-electron chi connectivity index (χ3n) is 3.56. The monoisotopic (exact) mass is 294 g/mol. The molecule has 0 aliphatic heterocycles. The van der Waals surface area contributed by atoms with Crippen LogP contribution < -0.4 is 11.5 Å². The van der Waals surface area contributed by atoms with Crippen molar-refractivity contribution >= 4 is 5.97 Å². The maximum absolute atomic E-state index is 11.3. The second-order valence-electron chi connectivity index (χ2n) is 7.59. The van der Waals surface area contributed by atoms with Crippen molar-refractivity contribution in [2.45, 2.75) is 58.0 Å². The van der Waals surface area contributed by atoms with Crippen molar-refractivity contribution in [1.82, 2.24) is 0 Å². The molecule has 0 unspecified atom stereocenters. The molecule has 1 aromatic rings. The number of rotatable bonds is 2. The molecule has 0 aliphatic rings. The fourth-order valence-electron chi connectivity index (χ4n) is 2.14. The van der Waals surface area contributed by atoms with Crippen molar-refractivity contribution in [3.8, 4) is 5.75 Å². The first-order valence-electron chi connectivity index (χ1n) is 6.88. The van der Waals surface area contributed by atoms with E-state index in [1.165, 1.54) is 0 Å². The number of hydrogen-bond acceptors (Lipinski definition) is 4. The summed E-state index contributed by atoms with van der Waals surface area (Å²) in [5, 5.41) is 19.8. The Balaban J connectivity index is 3.75. The van der Waals surface area contributed by atoms with Crippen molar-refractivity contribution < 1.29 is 15.0 Å². The molecule has 0 aromatic heterocycles. The molecule has 21 heavy (non-hydrogen) atoms. The summed E-state index contributed by atoms with van der Waals surface area (Å²) in [6.07, 6.45) is 0. The second kappa shape index (κ2) is 5.00. The molecule has 0 aliphatic carbocycles. The van der Waals surface area contributed by atoms with Crippen LogP contribution in [0, 0.1) is 0 Å². The highest BCUT2D eigenvalue weighted by Gasteiger charge is 2.35. The van der Waals surface area contributed by atoms with E-state index < -0.39 is 11.6 Å². The zero-order valence-corrected chi connectivity index (χ0v) is 13.6. The zero-order chi connectivity index (χ0) is 16.8. The second-order valence-corrected chi connectivity index (χ2v) is 7.59. The molecule has 1 rings (SSSR count). The van der Waals surface area contributed by atoms with Crippen LogP contribution in [0.25, 0.3) is 0 Å². The number of carboxylic acid groups (broad SMARTS) is 1. The third-order valence-corrected chi connectivity index (χ3v) is 3.56. The van der Waals surface area contributed by atoms with Gasteiger partial charge in [0.2, 0.25) is 0 Å². The summed E-state index contributed by atoms with van der Waals surface area (Å²) in [7, 11) is 0. The lowest BCUT2D eigenvalue weighted by Gasteiger charge is -2.30. The number of aromatic hydroxyl groups is 1. The Morgan fingerprint density at radius 2 is 1.29 bits per heavy atom. The zero-order valence-electron chi connectivity index (χ0n) is 13.6. The van der Waals surface area contributed by atoms with E-state index in [2.05, 4.69) is 0 Å². The van der Waals surface area contributed by atoms with Crippen LogP contribution >= 0.6 is 0 Å². The molecule has 0 bridgehead atoms. The highest BCUT2D eigenvalue weighted by Crippen LogP contribution is 2.40. The quantitative estimate of drug-likeness (QED) is 0.625. The third kappa shape index (κ3) is 3.36. The Morgan fingerprint density at radius 3 is 1.52 bits per heavy atom. The molecular formula is C16H26N2O3. The summed E-state index contributed by atoms with van der Waals surface area (Å²) in [5.41, 5.74) is 10.3. The Hall–Kier alpha value is -1.59. The number of phenols is 1. The molecule has 1 aromatic carbocycles. The first-order chi connectivity index (χ1) is 9.19. The van der Waals surface area contributed by atoms with Crippen molar-refractivity contribution in [3.05, 3.63) is 28.8 Å². The lowest BCUT2D eigenvalue weighted by molar-refractivity contribution is -0.143. The number of nitrogens with two attached hydrogens (primary N) is 2. The maximum Gasteiger partial charge on any atom is 0.343 e. The van der Waals surface area contributed by atoms with Gasteiger partial charge in [-0.25, -0.2) is 4.79 Å². The first kappa shape index (κ1) is 17.5. The lowest BCUT2D eigenvalue weighted by Crippen LogP contribution is -2.53. The van der Waals surface area contributed by atoms with E-state index in [4.69, 9.17) is 11.5 Å². The molecule has 0 atom stereocenters. The average molecular weight is 294 g/mol. The topological polar surface area (TPSA) is 110 Å². The van der Waals surface area contributed by atoms with Gasteiger partial charge in [0.05, 0.1) is 0 Å². The van der Waals surface area contributed by atoms with E-state index >= 15 is 0 Å². The smallest absolute Gasteiger partial charge is 0.343 e. The Morgan fingerprint density at radius 1 is 0.952 bits per heavy atom. The van der Waals surface area contributed by atoms with Gasteiger partial charge in [-0.2, -0.15) is 0 Å². The van der Waals surface area contributed by atoms with E-state index in [0.29, 0.717) is 11.1 Å². The van der Waals surface area contributed by atoms with E-state index in [0.717, 1.165) is 0 Å². The van der Waals surface area contributed by atoms with Crippen molar-refractivity contribution in [1.29, 1.82) is 0 Å². The van der Waals surface area contributed by atoms with Gasteiger partial charge in [-0.3, -0.25) is 0 Å². The Bertz CT molecular complexity index is 529. The molecule has 6 N–H and O–H groups in total. The van der Waals surface area contributed by atoms with Crippen LogP contribution in [-0.4, -0.2) is 16.2 Å². The highest BCUT2D eigenvalue weighted by molar-refractivity contribution is 5.80. The van der Waals surface area contributed by atoms with E-state index in [-0.39, 0.29) is 22.1 Å². The van der Waals surface area contributed by atoms with Crippen LogP contribution in [0.2, 0.25) is 0 Å². The predicted molar refractivity (Wildman–Crippen MR) is 83.2 cm³/mol. The molecule has 0 saturated heterocycles. The van der Waals surface area contributed by atoms with Crippen molar-refractivity contribution in [3.63, 3.8) is 0 Å². The summed E-state index contributed by atoms with van der Waals surface area (Å²) < 4.78 is 0. The van der Waals surface area contributed by atoms with Gasteiger partial charge >= 0.3 is 5.97 Å². The van der Waals surface area contributed by atoms with Crippen LogP contribution in [0.1, 0.15) is 58.2 Å². The van der Waals surface area contributed by atoms with E-state index in [9.17, 15) is 15.0 Å². The number of aliphatic carboxylic acids is 1. The van der Waals surface area contributed by atoms with Crippen LogP contribution in [0.5, 0.6) is 5.75 Å². The van der Waals surface area contributed by atoms with E-state index in [1.54, 1.807) is 12.1 Å². The highest BCUT2D eigenvalue weighted by atomic mass is 16.4. The first-order valence-corrected chi connectivity index (χ1v) is 6.88. The molecule has 0 fully saturated rings. The summed E-state index contributed by atoms with van der Waals surface area (Å²) in [5.74, 6) is -1.15. The molecule has 0 radical (unpaired) electrons. The fourth-order valence-corrected chi connectivity index (χ4v) is 2.14.